The molecule has 1 aliphatic rings. The molecule has 0 radical (unpaired) electrons. The van der Waals surface area contributed by atoms with Crippen LogP contribution in [-0.2, 0) is 6.54 Å². The highest BCUT2D eigenvalue weighted by Gasteiger charge is 2.13. The molecule has 0 atom stereocenters. The minimum atomic E-state index is -0.0809. The Labute approximate surface area is 148 Å². The minimum absolute atomic E-state index is 0.0809. The molecule has 0 saturated carbocycles. The largest absolute Gasteiger partial charge is 0.497 e. The first-order chi connectivity index (χ1) is 12.2. The van der Waals surface area contributed by atoms with Gasteiger partial charge >= 0.3 is 0 Å². The smallest absolute Gasteiger partial charge is 0.266 e. The van der Waals surface area contributed by atoms with Crippen molar-refractivity contribution >= 4 is 0 Å². The number of hydrogen-bond acceptors (Lipinski definition) is 5. The van der Waals surface area contributed by atoms with Crippen LogP contribution in [0.2, 0.25) is 0 Å². The van der Waals surface area contributed by atoms with Crippen molar-refractivity contribution in [1.29, 1.82) is 0 Å². The lowest BCUT2D eigenvalue weighted by Gasteiger charge is -2.26. The Balaban J connectivity index is 1.84. The molecule has 1 aromatic carbocycles. The van der Waals surface area contributed by atoms with Crippen molar-refractivity contribution in [2.45, 2.75) is 25.8 Å². The second-order valence-corrected chi connectivity index (χ2v) is 6.25. The van der Waals surface area contributed by atoms with Crippen molar-refractivity contribution in [3.63, 3.8) is 0 Å². The monoisotopic (exact) mass is 343 g/mol. The van der Waals surface area contributed by atoms with Gasteiger partial charge in [0.1, 0.15) is 11.5 Å². The molecule has 6 heteroatoms. The molecule has 0 amide bonds. The van der Waals surface area contributed by atoms with E-state index >= 15 is 0 Å². The van der Waals surface area contributed by atoms with Gasteiger partial charge in [0.05, 0.1) is 26.5 Å². The number of benzene rings is 1. The molecule has 1 fully saturated rings. The maximum Gasteiger partial charge on any atom is 0.266 e. The fraction of sp³-hybridized carbons (Fsp3) is 0.474. The summed E-state index contributed by atoms with van der Waals surface area (Å²) in [5.74, 6) is 1.43. The van der Waals surface area contributed by atoms with E-state index in [1.807, 2.05) is 18.2 Å². The van der Waals surface area contributed by atoms with E-state index in [9.17, 15) is 4.79 Å². The summed E-state index contributed by atoms with van der Waals surface area (Å²) in [5.41, 5.74) is 1.44. The molecule has 0 aliphatic carbocycles. The molecular formula is C19H25N3O3. The van der Waals surface area contributed by atoms with Gasteiger partial charge in [-0.2, -0.15) is 5.10 Å². The molecule has 1 saturated heterocycles. The second kappa shape index (κ2) is 8.16. The summed E-state index contributed by atoms with van der Waals surface area (Å²) < 4.78 is 12.3. The van der Waals surface area contributed by atoms with Crippen LogP contribution >= 0.6 is 0 Å². The number of ether oxygens (including phenoxy) is 2. The molecule has 134 valence electrons. The Morgan fingerprint density at radius 3 is 2.52 bits per heavy atom. The first-order valence-electron chi connectivity index (χ1n) is 8.74. The van der Waals surface area contributed by atoms with Crippen LogP contribution in [0, 0.1) is 0 Å². The Morgan fingerprint density at radius 1 is 1.00 bits per heavy atom. The van der Waals surface area contributed by atoms with E-state index in [0.717, 1.165) is 30.9 Å². The average Bonchev–Trinajstić information content (AvgIpc) is 2.67. The standard InChI is InChI=1S/C19H25N3O3/c1-24-15-6-8-18(25-2)16(14-15)17-7-9-19(23)22(20-17)13-12-21-10-4-3-5-11-21/h6-9,14H,3-5,10-13H2,1-2H3. The van der Waals surface area contributed by atoms with Crippen LogP contribution in [0.15, 0.2) is 35.1 Å². The second-order valence-electron chi connectivity index (χ2n) is 6.25. The Bertz CT molecular complexity index is 767. The quantitative estimate of drug-likeness (QED) is 0.806. The average molecular weight is 343 g/mol. The zero-order valence-corrected chi connectivity index (χ0v) is 14.9. The van der Waals surface area contributed by atoms with Gasteiger partial charge in [-0.25, -0.2) is 4.68 Å². The van der Waals surface area contributed by atoms with Crippen molar-refractivity contribution in [2.75, 3.05) is 33.9 Å². The van der Waals surface area contributed by atoms with Crippen LogP contribution in [0.3, 0.4) is 0 Å². The van der Waals surface area contributed by atoms with Crippen LogP contribution < -0.4 is 15.0 Å². The van der Waals surface area contributed by atoms with E-state index in [0.29, 0.717) is 18.0 Å². The van der Waals surface area contributed by atoms with Gasteiger partial charge < -0.3 is 14.4 Å². The van der Waals surface area contributed by atoms with Gasteiger partial charge in [-0.15, -0.1) is 0 Å². The fourth-order valence-corrected chi connectivity index (χ4v) is 3.19. The van der Waals surface area contributed by atoms with E-state index in [1.54, 1.807) is 31.0 Å². The first kappa shape index (κ1) is 17.5. The number of aromatic nitrogens is 2. The van der Waals surface area contributed by atoms with Gasteiger partial charge in [0.25, 0.3) is 5.56 Å². The molecule has 0 N–H and O–H groups in total. The van der Waals surface area contributed by atoms with Crippen molar-refractivity contribution in [1.82, 2.24) is 14.7 Å². The van der Waals surface area contributed by atoms with Gasteiger partial charge in [0, 0.05) is 18.2 Å². The van der Waals surface area contributed by atoms with E-state index in [2.05, 4.69) is 10.00 Å². The Hall–Kier alpha value is -2.34. The summed E-state index contributed by atoms with van der Waals surface area (Å²) in [4.78, 5) is 14.6. The SMILES string of the molecule is COc1ccc(OC)c(-c2ccc(=O)n(CCN3CCCCC3)n2)c1. The summed E-state index contributed by atoms with van der Waals surface area (Å²) in [6.07, 6.45) is 3.78. The van der Waals surface area contributed by atoms with Gasteiger partial charge in [-0.05, 0) is 50.2 Å². The molecule has 6 nitrogen and oxygen atoms in total. The maximum absolute atomic E-state index is 12.2. The lowest BCUT2D eigenvalue weighted by Crippen LogP contribution is -2.35. The topological polar surface area (TPSA) is 56.6 Å². The lowest BCUT2D eigenvalue weighted by molar-refractivity contribution is 0.216. The zero-order chi connectivity index (χ0) is 17.6. The van der Waals surface area contributed by atoms with Crippen molar-refractivity contribution in [3.8, 4) is 22.8 Å². The number of hydrogen-bond donors (Lipinski definition) is 0. The number of nitrogens with zero attached hydrogens (tertiary/aromatic N) is 3. The summed E-state index contributed by atoms with van der Waals surface area (Å²) in [5, 5.41) is 4.55. The first-order valence-corrected chi connectivity index (χ1v) is 8.74. The molecule has 2 aromatic rings. The predicted octanol–water partition coefficient (Wildman–Crippen LogP) is 2.41. The molecule has 0 bridgehead atoms. The molecule has 2 heterocycles. The number of methoxy groups -OCH3 is 2. The van der Waals surface area contributed by atoms with Crippen LogP contribution in [0.5, 0.6) is 11.5 Å². The van der Waals surface area contributed by atoms with E-state index in [-0.39, 0.29) is 5.56 Å². The third kappa shape index (κ3) is 4.20. The highest BCUT2D eigenvalue weighted by atomic mass is 16.5. The Kier molecular flexibility index (Phi) is 5.71. The predicted molar refractivity (Wildman–Crippen MR) is 97.3 cm³/mol. The van der Waals surface area contributed by atoms with E-state index in [1.165, 1.54) is 19.3 Å². The highest BCUT2D eigenvalue weighted by Crippen LogP contribution is 2.31. The van der Waals surface area contributed by atoms with Crippen molar-refractivity contribution in [2.24, 2.45) is 0 Å². The van der Waals surface area contributed by atoms with E-state index < -0.39 is 0 Å². The number of rotatable bonds is 6. The van der Waals surface area contributed by atoms with Crippen molar-refractivity contribution in [3.05, 3.63) is 40.7 Å². The summed E-state index contributed by atoms with van der Waals surface area (Å²) in [6.45, 7) is 3.67. The van der Waals surface area contributed by atoms with Crippen LogP contribution in [-0.4, -0.2) is 48.5 Å². The molecule has 0 spiro atoms. The summed E-state index contributed by atoms with van der Waals surface area (Å²) in [6, 6.07) is 8.86. The van der Waals surface area contributed by atoms with Crippen molar-refractivity contribution < 1.29 is 9.47 Å². The summed E-state index contributed by atoms with van der Waals surface area (Å²) in [7, 11) is 3.25. The van der Waals surface area contributed by atoms with Gasteiger partial charge in [0.2, 0.25) is 0 Å². The number of likely N-dealkylation sites (tertiary alicyclic amines) is 1. The Morgan fingerprint density at radius 2 is 1.80 bits per heavy atom. The number of piperidine rings is 1. The highest BCUT2D eigenvalue weighted by molar-refractivity contribution is 5.68. The van der Waals surface area contributed by atoms with Gasteiger partial charge in [-0.3, -0.25) is 4.79 Å². The van der Waals surface area contributed by atoms with Gasteiger partial charge in [-0.1, -0.05) is 6.42 Å². The third-order valence-electron chi connectivity index (χ3n) is 4.63. The lowest BCUT2D eigenvalue weighted by atomic mass is 10.1. The molecule has 1 aliphatic heterocycles. The molecular weight excluding hydrogens is 318 g/mol. The molecule has 25 heavy (non-hydrogen) atoms. The minimum Gasteiger partial charge on any atom is -0.497 e. The van der Waals surface area contributed by atoms with E-state index in [4.69, 9.17) is 9.47 Å². The van der Waals surface area contributed by atoms with Crippen LogP contribution in [0.4, 0.5) is 0 Å². The maximum atomic E-state index is 12.2. The normalized spacial score (nSPS) is 15.1. The molecule has 1 aromatic heterocycles. The third-order valence-corrected chi connectivity index (χ3v) is 4.63. The molecule has 0 unspecified atom stereocenters. The molecule has 3 rings (SSSR count). The zero-order valence-electron chi connectivity index (χ0n) is 14.9. The van der Waals surface area contributed by atoms with Crippen LogP contribution in [0.1, 0.15) is 19.3 Å². The van der Waals surface area contributed by atoms with Gasteiger partial charge in [0.15, 0.2) is 0 Å². The summed E-state index contributed by atoms with van der Waals surface area (Å²) >= 11 is 0. The fourth-order valence-electron chi connectivity index (χ4n) is 3.19. The van der Waals surface area contributed by atoms with Crippen LogP contribution in [0.25, 0.3) is 11.3 Å².